The molecule has 3 aromatic rings. The van der Waals surface area contributed by atoms with Crippen LogP contribution in [0.25, 0.3) is 11.0 Å². The molecule has 0 atom stereocenters. The first kappa shape index (κ1) is 15.7. The van der Waals surface area contributed by atoms with Crippen molar-refractivity contribution in [1.29, 1.82) is 0 Å². The molecule has 8 nitrogen and oxygen atoms in total. The summed E-state index contributed by atoms with van der Waals surface area (Å²) < 4.78 is 13.4. The Morgan fingerprint density at radius 1 is 1.33 bits per heavy atom. The number of hydrogen-bond donors (Lipinski definition) is 4. The van der Waals surface area contributed by atoms with Crippen LogP contribution in [0.3, 0.4) is 0 Å². The van der Waals surface area contributed by atoms with Gasteiger partial charge in [-0.2, -0.15) is 10.1 Å². The maximum absolute atomic E-state index is 13.4. The molecule has 2 aromatic heterocycles. The van der Waals surface area contributed by atoms with E-state index in [1.54, 1.807) is 19.1 Å². The summed E-state index contributed by atoms with van der Waals surface area (Å²) in [4.78, 5) is 30.4. The average molecular weight is 330 g/mol. The van der Waals surface area contributed by atoms with Gasteiger partial charge in [0.25, 0.3) is 11.5 Å². The van der Waals surface area contributed by atoms with Gasteiger partial charge in [-0.05, 0) is 24.6 Å². The van der Waals surface area contributed by atoms with Crippen molar-refractivity contribution in [3.63, 3.8) is 0 Å². The first-order valence-corrected chi connectivity index (χ1v) is 7.26. The Hall–Kier alpha value is -3.23. The molecule has 124 valence electrons. The Morgan fingerprint density at radius 3 is 2.96 bits per heavy atom. The molecule has 0 aliphatic rings. The number of amides is 1. The smallest absolute Gasteiger partial charge is 0.263 e. The van der Waals surface area contributed by atoms with Crippen LogP contribution in [-0.4, -0.2) is 39.2 Å². The second-order valence-corrected chi connectivity index (χ2v) is 5.19. The van der Waals surface area contributed by atoms with Crippen LogP contribution < -0.4 is 16.2 Å². The lowest BCUT2D eigenvalue weighted by molar-refractivity contribution is 0.0954. The lowest BCUT2D eigenvalue weighted by Crippen LogP contribution is -2.29. The highest BCUT2D eigenvalue weighted by molar-refractivity contribution is 5.94. The van der Waals surface area contributed by atoms with Gasteiger partial charge in [0.1, 0.15) is 11.2 Å². The van der Waals surface area contributed by atoms with Crippen LogP contribution in [0.5, 0.6) is 0 Å². The van der Waals surface area contributed by atoms with Crippen molar-refractivity contribution in [2.24, 2.45) is 0 Å². The second kappa shape index (κ2) is 6.49. The third-order valence-electron chi connectivity index (χ3n) is 3.46. The largest absolute Gasteiger partial charge is 0.354 e. The number of fused-ring (bicyclic) bond motifs is 1. The van der Waals surface area contributed by atoms with E-state index in [0.717, 1.165) is 0 Å². The number of nitrogens with one attached hydrogen (secondary N) is 4. The Kier molecular flexibility index (Phi) is 4.23. The van der Waals surface area contributed by atoms with Crippen LogP contribution in [0.2, 0.25) is 0 Å². The molecule has 0 saturated carbocycles. The van der Waals surface area contributed by atoms with Crippen LogP contribution in [0.1, 0.15) is 15.9 Å². The van der Waals surface area contributed by atoms with Gasteiger partial charge in [-0.25, -0.2) is 4.39 Å². The Morgan fingerprint density at radius 2 is 2.17 bits per heavy atom. The van der Waals surface area contributed by atoms with Crippen molar-refractivity contribution in [3.8, 4) is 0 Å². The number of anilines is 1. The SMILES string of the molecule is Cc1ccc(C(=O)NCCNc2nc3[nH]ncc3c(=O)[nH]2)cc1F. The summed E-state index contributed by atoms with van der Waals surface area (Å²) in [5, 5.41) is 12.3. The fourth-order valence-electron chi connectivity index (χ4n) is 2.12. The monoisotopic (exact) mass is 330 g/mol. The van der Waals surface area contributed by atoms with Gasteiger partial charge in [0, 0.05) is 18.7 Å². The van der Waals surface area contributed by atoms with Crippen molar-refractivity contribution in [2.75, 3.05) is 18.4 Å². The number of H-pyrrole nitrogens is 2. The zero-order chi connectivity index (χ0) is 17.1. The molecular formula is C15H15FN6O2. The molecule has 0 radical (unpaired) electrons. The van der Waals surface area contributed by atoms with E-state index in [1.165, 1.54) is 12.3 Å². The lowest BCUT2D eigenvalue weighted by atomic mass is 10.1. The number of halogens is 1. The standard InChI is InChI=1S/C15H15FN6O2/c1-8-2-3-9(6-11(8)16)13(23)17-4-5-18-15-20-12-10(7-19-22-12)14(24)21-15/h2-3,6-7H,4-5H2,1H3,(H,17,23)(H3,18,19,20,21,22,24). The molecule has 0 aliphatic heterocycles. The number of benzene rings is 1. The topological polar surface area (TPSA) is 116 Å². The minimum atomic E-state index is -0.421. The molecule has 0 bridgehead atoms. The normalized spacial score (nSPS) is 10.8. The van der Waals surface area contributed by atoms with Gasteiger partial charge < -0.3 is 10.6 Å². The van der Waals surface area contributed by atoms with E-state index in [4.69, 9.17) is 0 Å². The summed E-state index contributed by atoms with van der Waals surface area (Å²) in [5.74, 6) is -0.524. The van der Waals surface area contributed by atoms with Gasteiger partial charge in [-0.1, -0.05) is 6.07 Å². The van der Waals surface area contributed by atoms with Crippen LogP contribution in [-0.2, 0) is 0 Å². The van der Waals surface area contributed by atoms with E-state index in [0.29, 0.717) is 23.1 Å². The van der Waals surface area contributed by atoms with Gasteiger partial charge in [0.15, 0.2) is 5.65 Å². The van der Waals surface area contributed by atoms with E-state index in [1.807, 2.05) is 0 Å². The van der Waals surface area contributed by atoms with Gasteiger partial charge in [-0.3, -0.25) is 19.7 Å². The van der Waals surface area contributed by atoms with Crippen molar-refractivity contribution in [3.05, 3.63) is 51.7 Å². The predicted octanol–water partition coefficient (Wildman–Crippen LogP) is 0.936. The number of aromatic amines is 2. The molecular weight excluding hydrogens is 315 g/mol. The average Bonchev–Trinajstić information content (AvgIpc) is 3.03. The lowest BCUT2D eigenvalue weighted by Gasteiger charge is -2.08. The summed E-state index contributed by atoms with van der Waals surface area (Å²) in [5.41, 5.74) is 0.803. The molecule has 1 amide bonds. The fourth-order valence-corrected chi connectivity index (χ4v) is 2.12. The minimum absolute atomic E-state index is 0.253. The number of aryl methyl sites for hydroxylation is 1. The van der Waals surface area contributed by atoms with Gasteiger partial charge in [0.2, 0.25) is 5.95 Å². The molecule has 1 aromatic carbocycles. The first-order chi connectivity index (χ1) is 11.5. The number of carbonyl (C=O) groups excluding carboxylic acids is 1. The van der Waals surface area contributed by atoms with Crippen LogP contribution in [0.4, 0.5) is 10.3 Å². The van der Waals surface area contributed by atoms with Crippen LogP contribution >= 0.6 is 0 Å². The second-order valence-electron chi connectivity index (χ2n) is 5.19. The first-order valence-electron chi connectivity index (χ1n) is 7.26. The van der Waals surface area contributed by atoms with Gasteiger partial charge in [0.05, 0.1) is 6.20 Å². The third kappa shape index (κ3) is 3.24. The maximum Gasteiger partial charge on any atom is 0.263 e. The fraction of sp³-hybridized carbons (Fsp3) is 0.200. The van der Waals surface area contributed by atoms with E-state index in [2.05, 4.69) is 30.8 Å². The highest BCUT2D eigenvalue weighted by Gasteiger charge is 2.08. The molecule has 3 rings (SSSR count). The number of carbonyl (C=O) groups is 1. The van der Waals surface area contributed by atoms with Crippen LogP contribution in [0, 0.1) is 12.7 Å². The Labute approximate surface area is 135 Å². The zero-order valence-corrected chi connectivity index (χ0v) is 12.8. The van der Waals surface area contributed by atoms with E-state index in [-0.39, 0.29) is 29.5 Å². The molecule has 0 unspecified atom stereocenters. The molecule has 0 saturated heterocycles. The molecule has 9 heteroatoms. The highest BCUT2D eigenvalue weighted by Crippen LogP contribution is 2.09. The van der Waals surface area contributed by atoms with Crippen LogP contribution in [0.15, 0.2) is 29.2 Å². The van der Waals surface area contributed by atoms with E-state index < -0.39 is 5.82 Å². The Balaban J connectivity index is 1.55. The van der Waals surface area contributed by atoms with Crippen molar-refractivity contribution in [2.45, 2.75) is 6.92 Å². The predicted molar refractivity (Wildman–Crippen MR) is 86.5 cm³/mol. The molecule has 0 aliphatic carbocycles. The van der Waals surface area contributed by atoms with E-state index >= 15 is 0 Å². The molecule has 0 spiro atoms. The summed E-state index contributed by atoms with van der Waals surface area (Å²) in [7, 11) is 0. The Bertz CT molecular complexity index is 949. The van der Waals surface area contributed by atoms with Gasteiger partial charge in [-0.15, -0.1) is 0 Å². The summed E-state index contributed by atoms with van der Waals surface area (Å²) in [6, 6.07) is 4.31. The number of hydrogen-bond acceptors (Lipinski definition) is 5. The number of nitrogens with zero attached hydrogens (tertiary/aromatic N) is 2. The minimum Gasteiger partial charge on any atom is -0.354 e. The molecule has 2 heterocycles. The molecule has 4 N–H and O–H groups in total. The zero-order valence-electron chi connectivity index (χ0n) is 12.8. The molecule has 0 fully saturated rings. The van der Waals surface area contributed by atoms with Crippen molar-refractivity contribution in [1.82, 2.24) is 25.5 Å². The number of rotatable bonds is 5. The number of aromatic nitrogens is 4. The summed E-state index contributed by atoms with van der Waals surface area (Å²) in [6.07, 6.45) is 1.39. The third-order valence-corrected chi connectivity index (χ3v) is 3.46. The van der Waals surface area contributed by atoms with Crippen molar-refractivity contribution < 1.29 is 9.18 Å². The quantitative estimate of drug-likeness (QED) is 0.520. The molecule has 24 heavy (non-hydrogen) atoms. The summed E-state index contributed by atoms with van der Waals surface area (Å²) in [6.45, 7) is 2.24. The highest BCUT2D eigenvalue weighted by atomic mass is 19.1. The maximum atomic E-state index is 13.4. The van der Waals surface area contributed by atoms with Crippen molar-refractivity contribution >= 4 is 22.9 Å². The van der Waals surface area contributed by atoms with Gasteiger partial charge >= 0.3 is 0 Å². The summed E-state index contributed by atoms with van der Waals surface area (Å²) >= 11 is 0. The van der Waals surface area contributed by atoms with E-state index in [9.17, 15) is 14.0 Å².